The number of aromatic nitrogens is 2. The van der Waals surface area contributed by atoms with E-state index in [0.29, 0.717) is 16.8 Å². The summed E-state index contributed by atoms with van der Waals surface area (Å²) >= 11 is 0. The third-order valence-corrected chi connectivity index (χ3v) is 2.39. The van der Waals surface area contributed by atoms with Crippen molar-refractivity contribution >= 4 is 11.6 Å². The molecule has 5 nitrogen and oxygen atoms in total. The van der Waals surface area contributed by atoms with Gasteiger partial charge < -0.3 is 5.32 Å². The van der Waals surface area contributed by atoms with Crippen LogP contribution in [-0.2, 0) is 0 Å². The molecular formula is C12H10N4O. The average Bonchev–Trinajstić information content (AvgIpc) is 2.82. The molecule has 0 aliphatic rings. The van der Waals surface area contributed by atoms with Crippen molar-refractivity contribution in [1.82, 2.24) is 10.2 Å². The molecule has 0 radical (unpaired) electrons. The Balaban J connectivity index is 2.29. The summed E-state index contributed by atoms with van der Waals surface area (Å²) in [7, 11) is 0. The first kappa shape index (κ1) is 10.9. The SMILES string of the molecule is Cc1cccc(NC(=O)c2cn[nH]c2)c1C#N. The van der Waals surface area contributed by atoms with E-state index in [1.807, 2.05) is 13.0 Å². The van der Waals surface area contributed by atoms with Crippen LogP contribution in [0.15, 0.2) is 30.6 Å². The maximum absolute atomic E-state index is 11.8. The number of carbonyl (C=O) groups is 1. The smallest absolute Gasteiger partial charge is 0.258 e. The zero-order valence-corrected chi connectivity index (χ0v) is 9.19. The Morgan fingerprint density at radius 2 is 2.35 bits per heavy atom. The van der Waals surface area contributed by atoms with Gasteiger partial charge in [0.2, 0.25) is 0 Å². The van der Waals surface area contributed by atoms with Gasteiger partial charge in [-0.3, -0.25) is 9.89 Å². The number of nitrogens with zero attached hydrogens (tertiary/aromatic N) is 2. The Bertz CT molecular complexity index is 581. The molecule has 0 aliphatic carbocycles. The minimum atomic E-state index is -0.291. The molecule has 0 atom stereocenters. The molecule has 2 aromatic rings. The van der Waals surface area contributed by atoms with E-state index in [-0.39, 0.29) is 5.91 Å². The van der Waals surface area contributed by atoms with Gasteiger partial charge in [0.15, 0.2) is 0 Å². The first-order valence-corrected chi connectivity index (χ1v) is 5.02. The molecule has 0 bridgehead atoms. The third-order valence-electron chi connectivity index (χ3n) is 2.39. The van der Waals surface area contributed by atoms with Crippen molar-refractivity contribution in [3.8, 4) is 6.07 Å². The van der Waals surface area contributed by atoms with Crippen LogP contribution in [-0.4, -0.2) is 16.1 Å². The molecule has 0 spiro atoms. The maximum atomic E-state index is 11.8. The fourth-order valence-corrected chi connectivity index (χ4v) is 1.49. The topological polar surface area (TPSA) is 81.6 Å². The van der Waals surface area contributed by atoms with Crippen LogP contribution < -0.4 is 5.32 Å². The minimum absolute atomic E-state index is 0.291. The maximum Gasteiger partial charge on any atom is 0.258 e. The highest BCUT2D eigenvalue weighted by Crippen LogP contribution is 2.18. The number of amides is 1. The van der Waals surface area contributed by atoms with E-state index in [1.54, 1.807) is 12.1 Å². The fourth-order valence-electron chi connectivity index (χ4n) is 1.49. The monoisotopic (exact) mass is 226 g/mol. The number of benzene rings is 1. The summed E-state index contributed by atoms with van der Waals surface area (Å²) in [5.74, 6) is -0.291. The Hall–Kier alpha value is -2.61. The van der Waals surface area contributed by atoms with Crippen LogP contribution in [0.3, 0.4) is 0 Å². The van der Waals surface area contributed by atoms with Crippen molar-refractivity contribution in [1.29, 1.82) is 5.26 Å². The van der Waals surface area contributed by atoms with Gasteiger partial charge in [-0.1, -0.05) is 12.1 Å². The number of aromatic amines is 1. The zero-order chi connectivity index (χ0) is 12.3. The van der Waals surface area contributed by atoms with E-state index in [9.17, 15) is 4.79 Å². The molecule has 2 N–H and O–H groups in total. The van der Waals surface area contributed by atoms with Gasteiger partial charge >= 0.3 is 0 Å². The second-order valence-corrected chi connectivity index (χ2v) is 3.55. The molecule has 1 aromatic heterocycles. The normalized spacial score (nSPS) is 9.65. The van der Waals surface area contributed by atoms with Gasteiger partial charge in [0.25, 0.3) is 5.91 Å². The standard InChI is InChI=1S/C12H10N4O/c1-8-3-2-4-11(10(8)5-13)16-12(17)9-6-14-15-7-9/h2-4,6-7H,1H3,(H,14,15)(H,16,17). The lowest BCUT2D eigenvalue weighted by Gasteiger charge is -2.07. The van der Waals surface area contributed by atoms with E-state index in [0.717, 1.165) is 5.56 Å². The first-order chi connectivity index (χ1) is 8.22. The molecule has 1 aromatic carbocycles. The lowest BCUT2D eigenvalue weighted by Crippen LogP contribution is -2.12. The van der Waals surface area contributed by atoms with E-state index in [4.69, 9.17) is 5.26 Å². The molecule has 0 aliphatic heterocycles. The summed E-state index contributed by atoms with van der Waals surface area (Å²) in [6, 6.07) is 7.39. The van der Waals surface area contributed by atoms with Crippen molar-refractivity contribution < 1.29 is 4.79 Å². The van der Waals surface area contributed by atoms with Gasteiger partial charge in [-0.05, 0) is 18.6 Å². The van der Waals surface area contributed by atoms with Crippen molar-refractivity contribution in [2.24, 2.45) is 0 Å². The fraction of sp³-hybridized carbons (Fsp3) is 0.0833. The van der Waals surface area contributed by atoms with Gasteiger partial charge in [-0.2, -0.15) is 10.4 Å². The Kier molecular flexibility index (Phi) is 2.88. The molecule has 5 heteroatoms. The number of hydrogen-bond acceptors (Lipinski definition) is 3. The zero-order valence-electron chi connectivity index (χ0n) is 9.19. The number of nitriles is 1. The summed E-state index contributed by atoms with van der Waals surface area (Å²) in [6.45, 7) is 1.83. The molecule has 2 rings (SSSR count). The van der Waals surface area contributed by atoms with E-state index < -0.39 is 0 Å². The Labute approximate surface area is 98.1 Å². The van der Waals surface area contributed by atoms with Crippen LogP contribution in [0.4, 0.5) is 5.69 Å². The average molecular weight is 226 g/mol. The number of anilines is 1. The molecule has 0 saturated carbocycles. The summed E-state index contributed by atoms with van der Waals surface area (Å²) in [4.78, 5) is 11.8. The minimum Gasteiger partial charge on any atom is -0.321 e. The molecule has 1 amide bonds. The quantitative estimate of drug-likeness (QED) is 0.819. The van der Waals surface area contributed by atoms with E-state index >= 15 is 0 Å². The first-order valence-electron chi connectivity index (χ1n) is 5.02. The van der Waals surface area contributed by atoms with Crippen molar-refractivity contribution in [3.63, 3.8) is 0 Å². The lowest BCUT2D eigenvalue weighted by molar-refractivity contribution is 0.102. The van der Waals surface area contributed by atoms with Crippen LogP contribution in [0, 0.1) is 18.3 Å². The molecular weight excluding hydrogens is 216 g/mol. The van der Waals surface area contributed by atoms with E-state index in [1.165, 1.54) is 12.4 Å². The highest BCUT2D eigenvalue weighted by Gasteiger charge is 2.10. The summed E-state index contributed by atoms with van der Waals surface area (Å²) in [6.07, 6.45) is 2.92. The Morgan fingerprint density at radius 1 is 1.53 bits per heavy atom. The van der Waals surface area contributed by atoms with Crippen LogP contribution >= 0.6 is 0 Å². The van der Waals surface area contributed by atoms with Crippen molar-refractivity contribution in [3.05, 3.63) is 47.3 Å². The summed E-state index contributed by atoms with van der Waals surface area (Å²) in [5.41, 5.74) is 2.25. The van der Waals surface area contributed by atoms with Crippen LogP contribution in [0.25, 0.3) is 0 Å². The number of aryl methyl sites for hydroxylation is 1. The van der Waals surface area contributed by atoms with Gasteiger partial charge in [-0.15, -0.1) is 0 Å². The van der Waals surface area contributed by atoms with Crippen LogP contribution in [0.2, 0.25) is 0 Å². The number of hydrogen-bond donors (Lipinski definition) is 2. The number of H-pyrrole nitrogens is 1. The summed E-state index contributed by atoms with van der Waals surface area (Å²) in [5, 5.41) is 18.0. The van der Waals surface area contributed by atoms with Gasteiger partial charge in [0.1, 0.15) is 6.07 Å². The van der Waals surface area contributed by atoms with Crippen LogP contribution in [0.1, 0.15) is 21.5 Å². The molecule has 0 saturated heterocycles. The molecule has 84 valence electrons. The third kappa shape index (κ3) is 2.16. The second kappa shape index (κ2) is 4.49. The van der Waals surface area contributed by atoms with Gasteiger partial charge in [0.05, 0.1) is 23.0 Å². The van der Waals surface area contributed by atoms with Crippen molar-refractivity contribution in [2.75, 3.05) is 5.32 Å². The number of carbonyl (C=O) groups excluding carboxylic acids is 1. The predicted octanol–water partition coefficient (Wildman–Crippen LogP) is 1.84. The number of rotatable bonds is 2. The van der Waals surface area contributed by atoms with Gasteiger partial charge in [-0.25, -0.2) is 0 Å². The highest BCUT2D eigenvalue weighted by molar-refractivity contribution is 6.04. The molecule has 0 fully saturated rings. The second-order valence-electron chi connectivity index (χ2n) is 3.55. The predicted molar refractivity (Wildman–Crippen MR) is 62.4 cm³/mol. The lowest BCUT2D eigenvalue weighted by atomic mass is 10.1. The van der Waals surface area contributed by atoms with Crippen molar-refractivity contribution in [2.45, 2.75) is 6.92 Å². The highest BCUT2D eigenvalue weighted by atomic mass is 16.1. The number of nitrogens with one attached hydrogen (secondary N) is 2. The van der Waals surface area contributed by atoms with Gasteiger partial charge in [0, 0.05) is 6.20 Å². The summed E-state index contributed by atoms with van der Waals surface area (Å²) < 4.78 is 0. The molecule has 1 heterocycles. The van der Waals surface area contributed by atoms with Crippen LogP contribution in [0.5, 0.6) is 0 Å². The molecule has 0 unspecified atom stereocenters. The van der Waals surface area contributed by atoms with E-state index in [2.05, 4.69) is 21.6 Å². The molecule has 17 heavy (non-hydrogen) atoms. The largest absolute Gasteiger partial charge is 0.321 e. The Morgan fingerprint density at radius 3 is 3.00 bits per heavy atom.